The van der Waals surface area contributed by atoms with Crippen LogP contribution in [0.25, 0.3) is 0 Å². The molecule has 1 fully saturated rings. The number of ether oxygens (including phenoxy) is 2. The number of likely N-dealkylation sites (N-methyl/N-ethyl adjacent to an activating group) is 2. The number of rotatable bonds is 24. The predicted octanol–water partition coefficient (Wildman–Crippen LogP) is 2.71. The van der Waals surface area contributed by atoms with E-state index in [1.54, 1.807) is 23.8 Å². The van der Waals surface area contributed by atoms with Crippen LogP contribution >= 0.6 is 0 Å². The molecule has 15 nitrogen and oxygen atoms in total. The maximum absolute atomic E-state index is 14.3. The molecule has 1 saturated heterocycles. The van der Waals surface area contributed by atoms with Gasteiger partial charge in [-0.05, 0) is 43.2 Å². The van der Waals surface area contributed by atoms with E-state index < -0.39 is 60.2 Å². The van der Waals surface area contributed by atoms with Crippen molar-refractivity contribution in [1.82, 2.24) is 25.3 Å². The van der Waals surface area contributed by atoms with Crippen LogP contribution in [0, 0.1) is 23.7 Å². The number of likely N-dealkylation sites (tertiary alicyclic amines) is 1. The molecule has 0 spiro atoms. The van der Waals surface area contributed by atoms with Gasteiger partial charge in [-0.1, -0.05) is 85.2 Å². The van der Waals surface area contributed by atoms with Gasteiger partial charge in [0.2, 0.25) is 23.6 Å². The van der Waals surface area contributed by atoms with Crippen LogP contribution in [-0.4, -0.2) is 140 Å². The molecule has 5 N–H and O–H groups in total. The highest BCUT2D eigenvalue weighted by Crippen LogP contribution is 2.30. The van der Waals surface area contributed by atoms with Crippen LogP contribution in [0.2, 0.25) is 0 Å². The van der Waals surface area contributed by atoms with Crippen LogP contribution in [0.15, 0.2) is 30.3 Å². The number of amides is 4. The van der Waals surface area contributed by atoms with Crippen molar-refractivity contribution < 1.29 is 43.4 Å². The quantitative estimate of drug-likeness (QED) is 0.113. The molecular formula is C41H70N6O9. The molecule has 1 heterocycles. The first-order valence-corrected chi connectivity index (χ1v) is 20.0. The topological polar surface area (TPSA) is 193 Å². The zero-order valence-electron chi connectivity index (χ0n) is 35.5. The second-order valence-corrected chi connectivity index (χ2v) is 15.9. The van der Waals surface area contributed by atoms with Gasteiger partial charge in [0, 0.05) is 40.8 Å². The number of aliphatic carboxylic acids is 1. The van der Waals surface area contributed by atoms with Gasteiger partial charge in [0.15, 0.2) is 0 Å². The van der Waals surface area contributed by atoms with Crippen molar-refractivity contribution in [3.63, 3.8) is 0 Å². The number of nitrogens with two attached hydrogens (primary N) is 1. The lowest BCUT2D eigenvalue weighted by molar-refractivity contribution is -0.148. The molecule has 318 valence electrons. The van der Waals surface area contributed by atoms with E-state index >= 15 is 0 Å². The van der Waals surface area contributed by atoms with Gasteiger partial charge >= 0.3 is 5.97 Å². The maximum atomic E-state index is 14.3. The molecule has 56 heavy (non-hydrogen) atoms. The van der Waals surface area contributed by atoms with Crippen molar-refractivity contribution in [2.45, 2.75) is 123 Å². The Morgan fingerprint density at radius 1 is 0.946 bits per heavy atom. The minimum atomic E-state index is -1.14. The number of hydrogen-bond donors (Lipinski definition) is 4. The smallest absolute Gasteiger partial charge is 0.326 e. The first kappa shape index (κ1) is 48.5. The Bertz CT molecular complexity index is 1400. The van der Waals surface area contributed by atoms with Crippen LogP contribution in [0.4, 0.5) is 0 Å². The molecule has 1 aromatic rings. The number of hydrogen-bond acceptors (Lipinski definition) is 10. The van der Waals surface area contributed by atoms with Crippen molar-refractivity contribution in [3.8, 4) is 0 Å². The number of carbonyl (C=O) groups excluding carboxylic acids is 4. The van der Waals surface area contributed by atoms with E-state index in [1.807, 2.05) is 83.8 Å². The Labute approximate surface area is 334 Å². The average Bonchev–Trinajstić information content (AvgIpc) is 3.65. The first-order chi connectivity index (χ1) is 26.4. The summed E-state index contributed by atoms with van der Waals surface area (Å²) in [6, 6.07) is 5.65. The Hall–Kier alpha value is -3.63. The Morgan fingerprint density at radius 3 is 2.11 bits per heavy atom. The second kappa shape index (κ2) is 23.6. The standard InChI is InChI=1S/C41H70N6O9/c1-12-27(6)36(46(9)40(51)34(25(2)3)44-39(50)35(26(4)5)45(8)21-22-56-42)32(54-10)24-33(48)47-20-16-19-31(47)37(55-11)28(7)38(49)43-30(41(52)53)23-29-17-14-13-15-18-29/h13-15,17-18,25-28,30-32,34-37H,12,16,19-24,42H2,1-11H3,(H,43,49)(H,44,50)(H,52,53)/t27-,28+,30-,31-,32+,34-,35-,36-,37+/m0/s1. The lowest BCUT2D eigenvalue weighted by Gasteiger charge is -2.41. The largest absolute Gasteiger partial charge is 0.480 e. The molecule has 1 aliphatic heterocycles. The maximum Gasteiger partial charge on any atom is 0.326 e. The molecule has 9 atom stereocenters. The van der Waals surface area contributed by atoms with Crippen molar-refractivity contribution >= 4 is 29.6 Å². The fourth-order valence-electron chi connectivity index (χ4n) is 7.98. The number of carboxylic acid groups (broad SMARTS) is 1. The summed E-state index contributed by atoms with van der Waals surface area (Å²) in [5, 5.41) is 15.6. The highest BCUT2D eigenvalue weighted by molar-refractivity contribution is 5.90. The Balaban J connectivity index is 2.28. The zero-order valence-corrected chi connectivity index (χ0v) is 35.5. The van der Waals surface area contributed by atoms with Crippen molar-refractivity contribution in [2.75, 3.05) is 48.0 Å². The van der Waals surface area contributed by atoms with Crippen molar-refractivity contribution in [3.05, 3.63) is 35.9 Å². The van der Waals surface area contributed by atoms with Crippen molar-refractivity contribution in [1.29, 1.82) is 0 Å². The fraction of sp³-hybridized carbons (Fsp3) is 0.732. The van der Waals surface area contributed by atoms with Crippen LogP contribution in [-0.2, 0) is 44.7 Å². The zero-order chi connectivity index (χ0) is 42.3. The molecule has 1 aromatic carbocycles. The van der Waals surface area contributed by atoms with Gasteiger partial charge in [-0.15, -0.1) is 0 Å². The molecule has 0 radical (unpaired) electrons. The molecule has 0 saturated carbocycles. The molecule has 15 heteroatoms. The van der Waals surface area contributed by atoms with E-state index in [1.165, 1.54) is 14.2 Å². The van der Waals surface area contributed by atoms with E-state index in [0.29, 0.717) is 32.4 Å². The fourth-order valence-corrected chi connectivity index (χ4v) is 7.98. The number of nitrogens with zero attached hydrogens (tertiary/aromatic N) is 3. The summed E-state index contributed by atoms with van der Waals surface area (Å²) in [5.74, 6) is 1.72. The summed E-state index contributed by atoms with van der Waals surface area (Å²) in [6.45, 7) is 14.5. The normalized spacial score (nSPS) is 18.8. The molecule has 4 amide bonds. The van der Waals surface area contributed by atoms with Gasteiger partial charge in [-0.25, -0.2) is 10.7 Å². The number of carboxylic acids is 1. The van der Waals surface area contributed by atoms with E-state index in [0.717, 1.165) is 5.56 Å². The van der Waals surface area contributed by atoms with Gasteiger partial charge in [-0.2, -0.15) is 0 Å². The van der Waals surface area contributed by atoms with Crippen LogP contribution in [0.5, 0.6) is 0 Å². The van der Waals surface area contributed by atoms with Gasteiger partial charge < -0.3 is 39.9 Å². The highest BCUT2D eigenvalue weighted by atomic mass is 16.6. The van der Waals surface area contributed by atoms with E-state index in [9.17, 15) is 29.1 Å². The number of nitrogens with one attached hydrogen (secondary N) is 2. The minimum absolute atomic E-state index is 0.0308. The van der Waals surface area contributed by atoms with Gasteiger partial charge in [0.05, 0.1) is 49.3 Å². The molecule has 2 rings (SSSR count). The van der Waals surface area contributed by atoms with E-state index in [2.05, 4.69) is 10.6 Å². The summed E-state index contributed by atoms with van der Waals surface area (Å²) in [6.07, 6.45) is 0.705. The number of benzene rings is 1. The van der Waals surface area contributed by atoms with Crippen LogP contribution < -0.4 is 16.5 Å². The van der Waals surface area contributed by atoms with E-state index in [4.69, 9.17) is 20.2 Å². The third-order valence-electron chi connectivity index (χ3n) is 11.3. The summed E-state index contributed by atoms with van der Waals surface area (Å²) in [7, 11) is 6.54. The van der Waals surface area contributed by atoms with Gasteiger partial charge in [0.25, 0.3) is 0 Å². The summed E-state index contributed by atoms with van der Waals surface area (Å²) in [5.41, 5.74) is 0.779. The molecule has 0 unspecified atom stereocenters. The molecule has 0 bridgehead atoms. The lowest BCUT2D eigenvalue weighted by Crippen LogP contribution is -2.60. The first-order valence-electron chi connectivity index (χ1n) is 20.0. The molecular weight excluding hydrogens is 720 g/mol. The third-order valence-corrected chi connectivity index (χ3v) is 11.3. The third kappa shape index (κ3) is 13.2. The average molecular weight is 791 g/mol. The Morgan fingerprint density at radius 2 is 1.59 bits per heavy atom. The van der Waals surface area contributed by atoms with Crippen LogP contribution in [0.3, 0.4) is 0 Å². The number of methoxy groups -OCH3 is 2. The van der Waals surface area contributed by atoms with E-state index in [-0.39, 0.29) is 54.9 Å². The molecule has 1 aliphatic rings. The summed E-state index contributed by atoms with van der Waals surface area (Å²) in [4.78, 5) is 77.8. The predicted molar refractivity (Wildman–Crippen MR) is 214 cm³/mol. The summed E-state index contributed by atoms with van der Waals surface area (Å²) < 4.78 is 11.9. The molecule has 0 aromatic heterocycles. The monoisotopic (exact) mass is 791 g/mol. The van der Waals surface area contributed by atoms with Crippen molar-refractivity contribution in [2.24, 2.45) is 29.6 Å². The minimum Gasteiger partial charge on any atom is -0.480 e. The number of carbonyl (C=O) groups is 5. The molecule has 0 aliphatic carbocycles. The van der Waals surface area contributed by atoms with Gasteiger partial charge in [0.1, 0.15) is 12.1 Å². The summed E-state index contributed by atoms with van der Waals surface area (Å²) >= 11 is 0. The Kier molecular flexibility index (Phi) is 20.4. The van der Waals surface area contributed by atoms with Crippen LogP contribution in [0.1, 0.15) is 79.7 Å². The van der Waals surface area contributed by atoms with Gasteiger partial charge in [-0.3, -0.25) is 24.1 Å². The second-order valence-electron chi connectivity index (χ2n) is 15.9. The SMILES string of the molecule is CC[C@H](C)[C@@H]([C@@H](CC(=O)N1CCC[C@H]1[C@H](OC)[C@@H](C)C(=O)N[C@@H](Cc1ccccc1)C(=O)O)OC)N(C)C(=O)[C@@H](NC(=O)[C@H](C(C)C)N(C)CCON)C(C)C. The highest BCUT2D eigenvalue weighted by Gasteiger charge is 2.43. The lowest BCUT2D eigenvalue weighted by atomic mass is 9.89.